The largest absolute Gasteiger partial charge is 0.489 e. The molecule has 1 saturated heterocycles. The first-order valence-electron chi connectivity index (χ1n) is 8.40. The van der Waals surface area contributed by atoms with E-state index in [2.05, 4.69) is 16.8 Å². The fourth-order valence-electron chi connectivity index (χ4n) is 3.27. The highest BCUT2D eigenvalue weighted by molar-refractivity contribution is 6.60. The van der Waals surface area contributed by atoms with E-state index in [1.807, 2.05) is 6.07 Å². The molecular formula is C18H21BClN3O3. The Labute approximate surface area is 157 Å². The lowest BCUT2D eigenvalue weighted by Crippen LogP contribution is -2.44. The van der Waals surface area contributed by atoms with Crippen LogP contribution in [0.4, 0.5) is 5.69 Å². The van der Waals surface area contributed by atoms with Crippen LogP contribution in [0, 0.1) is 0 Å². The maximum absolute atomic E-state index is 12.0. The molecule has 0 aliphatic carbocycles. The van der Waals surface area contributed by atoms with Crippen LogP contribution in [0.1, 0.15) is 10.4 Å². The van der Waals surface area contributed by atoms with Crippen LogP contribution in [0.25, 0.3) is 11.1 Å². The molecule has 136 valence electrons. The summed E-state index contributed by atoms with van der Waals surface area (Å²) in [6.45, 7) is 3.61. The number of hydrogen-bond donors (Lipinski definition) is 3. The highest BCUT2D eigenvalue weighted by Gasteiger charge is 2.23. The Kier molecular flexibility index (Phi) is 5.53. The van der Waals surface area contributed by atoms with Crippen molar-refractivity contribution in [1.29, 1.82) is 0 Å². The minimum atomic E-state index is -1.78. The summed E-state index contributed by atoms with van der Waals surface area (Å²) in [7, 11) is 0.307. The minimum absolute atomic E-state index is 0.0890. The summed E-state index contributed by atoms with van der Waals surface area (Å²) in [4.78, 5) is 16.4. The fourth-order valence-corrected chi connectivity index (χ4v) is 3.51. The van der Waals surface area contributed by atoms with Gasteiger partial charge in [-0.1, -0.05) is 35.9 Å². The van der Waals surface area contributed by atoms with Crippen molar-refractivity contribution in [2.24, 2.45) is 5.73 Å². The molecule has 0 aromatic heterocycles. The van der Waals surface area contributed by atoms with E-state index in [9.17, 15) is 14.8 Å². The lowest BCUT2D eigenvalue weighted by Gasteiger charge is -2.34. The Morgan fingerprint density at radius 1 is 1.15 bits per heavy atom. The molecule has 6 nitrogen and oxygen atoms in total. The van der Waals surface area contributed by atoms with Crippen molar-refractivity contribution >= 4 is 35.8 Å². The van der Waals surface area contributed by atoms with Crippen molar-refractivity contribution in [3.05, 3.63) is 47.0 Å². The number of anilines is 1. The average molecular weight is 374 g/mol. The zero-order valence-corrected chi connectivity index (χ0v) is 15.3. The molecule has 1 aliphatic heterocycles. The summed E-state index contributed by atoms with van der Waals surface area (Å²) in [5.41, 5.74) is 7.90. The van der Waals surface area contributed by atoms with Gasteiger partial charge in [0.1, 0.15) is 0 Å². The molecule has 0 bridgehead atoms. The van der Waals surface area contributed by atoms with Gasteiger partial charge in [-0.15, -0.1) is 0 Å². The summed E-state index contributed by atoms with van der Waals surface area (Å²) in [5.74, 6) is -0.709. The van der Waals surface area contributed by atoms with Crippen LogP contribution < -0.4 is 16.1 Å². The molecule has 0 radical (unpaired) electrons. The van der Waals surface area contributed by atoms with Crippen LogP contribution in [0.3, 0.4) is 0 Å². The van der Waals surface area contributed by atoms with Gasteiger partial charge in [0.15, 0.2) is 0 Å². The number of rotatable bonds is 4. The second-order valence-electron chi connectivity index (χ2n) is 6.46. The lowest BCUT2D eigenvalue weighted by atomic mass is 9.74. The number of nitrogens with zero attached hydrogens (tertiary/aromatic N) is 2. The van der Waals surface area contributed by atoms with E-state index < -0.39 is 13.0 Å². The van der Waals surface area contributed by atoms with E-state index in [-0.39, 0.29) is 11.0 Å². The Balaban J connectivity index is 2.07. The average Bonchev–Trinajstić information content (AvgIpc) is 2.62. The maximum atomic E-state index is 12.0. The van der Waals surface area contributed by atoms with Crippen molar-refractivity contribution in [1.82, 2.24) is 4.90 Å². The second-order valence-corrected chi connectivity index (χ2v) is 6.87. The molecule has 1 heterocycles. The normalized spacial score (nSPS) is 15.2. The van der Waals surface area contributed by atoms with Gasteiger partial charge >= 0.3 is 7.12 Å². The fraction of sp³-hybridized carbons (Fsp3) is 0.278. The van der Waals surface area contributed by atoms with Gasteiger partial charge in [0, 0.05) is 31.7 Å². The molecule has 26 heavy (non-hydrogen) atoms. The first kappa shape index (κ1) is 18.7. The molecule has 0 saturated carbocycles. The van der Waals surface area contributed by atoms with Crippen LogP contribution in [0.15, 0.2) is 36.4 Å². The van der Waals surface area contributed by atoms with Crippen LogP contribution in [-0.4, -0.2) is 61.2 Å². The van der Waals surface area contributed by atoms with Crippen LogP contribution in [0.5, 0.6) is 0 Å². The number of halogens is 1. The number of carbonyl (C=O) groups excluding carboxylic acids is 1. The zero-order valence-electron chi connectivity index (χ0n) is 14.5. The van der Waals surface area contributed by atoms with Gasteiger partial charge in [-0.25, -0.2) is 0 Å². The van der Waals surface area contributed by atoms with Gasteiger partial charge < -0.3 is 25.6 Å². The molecule has 3 rings (SSSR count). The van der Waals surface area contributed by atoms with Gasteiger partial charge in [-0.3, -0.25) is 4.79 Å². The Morgan fingerprint density at radius 2 is 1.85 bits per heavy atom. The molecule has 0 atom stereocenters. The number of amides is 1. The number of piperazine rings is 1. The number of likely N-dealkylation sites (N-methyl/N-ethyl adjacent to an activating group) is 1. The van der Waals surface area contributed by atoms with Crippen molar-refractivity contribution in [2.75, 3.05) is 38.1 Å². The monoisotopic (exact) mass is 373 g/mol. The number of nitrogens with two attached hydrogens (primary N) is 1. The Hall–Kier alpha value is -2.06. The van der Waals surface area contributed by atoms with E-state index in [4.69, 9.17) is 17.3 Å². The molecule has 2 aromatic carbocycles. The third kappa shape index (κ3) is 3.71. The topological polar surface area (TPSA) is 90.0 Å². The number of benzene rings is 2. The molecule has 4 N–H and O–H groups in total. The van der Waals surface area contributed by atoms with Crippen LogP contribution in [-0.2, 0) is 0 Å². The first-order chi connectivity index (χ1) is 12.4. The van der Waals surface area contributed by atoms with Gasteiger partial charge in [-0.2, -0.15) is 0 Å². The third-order valence-corrected chi connectivity index (χ3v) is 5.04. The number of hydrogen-bond acceptors (Lipinski definition) is 5. The van der Waals surface area contributed by atoms with E-state index in [1.165, 1.54) is 6.07 Å². The van der Waals surface area contributed by atoms with Gasteiger partial charge in [0.05, 0.1) is 10.7 Å². The molecule has 0 unspecified atom stereocenters. The van der Waals surface area contributed by atoms with E-state index >= 15 is 0 Å². The molecule has 1 fully saturated rings. The van der Waals surface area contributed by atoms with Gasteiger partial charge in [-0.05, 0) is 35.8 Å². The lowest BCUT2D eigenvalue weighted by molar-refractivity contribution is 0.100. The Morgan fingerprint density at radius 3 is 2.46 bits per heavy atom. The summed E-state index contributed by atoms with van der Waals surface area (Å²) >= 11 is 6.41. The molecular weight excluding hydrogens is 352 g/mol. The summed E-state index contributed by atoms with van der Waals surface area (Å²) in [6.07, 6.45) is 0. The number of carbonyl (C=O) groups is 1. The Bertz CT molecular complexity index is 823. The van der Waals surface area contributed by atoms with Gasteiger partial charge in [0.2, 0.25) is 5.91 Å². The highest BCUT2D eigenvalue weighted by Crippen LogP contribution is 2.33. The highest BCUT2D eigenvalue weighted by atomic mass is 35.5. The van der Waals surface area contributed by atoms with Crippen LogP contribution >= 0.6 is 11.6 Å². The number of primary amides is 1. The summed E-state index contributed by atoms with van der Waals surface area (Å²) in [5, 5.41) is 19.8. The zero-order chi connectivity index (χ0) is 18.8. The first-order valence-corrected chi connectivity index (χ1v) is 8.78. The van der Waals surface area contributed by atoms with Crippen molar-refractivity contribution < 1.29 is 14.8 Å². The predicted octanol–water partition coefficient (Wildman–Crippen LogP) is 0.538. The summed E-state index contributed by atoms with van der Waals surface area (Å²) < 4.78 is 0. The molecule has 1 amide bonds. The third-order valence-electron chi connectivity index (χ3n) is 4.72. The van der Waals surface area contributed by atoms with E-state index in [1.54, 1.807) is 24.3 Å². The van der Waals surface area contributed by atoms with E-state index in [0.717, 1.165) is 37.4 Å². The SMILES string of the molecule is CN1CCN(c2cc(-c3cccc(B(O)O)c3C(N)=O)ccc2Cl)CC1. The van der Waals surface area contributed by atoms with Crippen molar-refractivity contribution in [3.8, 4) is 11.1 Å². The van der Waals surface area contributed by atoms with Crippen molar-refractivity contribution in [3.63, 3.8) is 0 Å². The molecule has 2 aromatic rings. The quantitative estimate of drug-likeness (QED) is 0.681. The van der Waals surface area contributed by atoms with E-state index in [0.29, 0.717) is 10.6 Å². The standard InChI is InChI=1S/C18H21BClN3O3/c1-22-7-9-23(10-8-22)16-11-12(5-6-15(16)20)13-3-2-4-14(19(25)26)17(13)18(21)24/h2-6,11,25-26H,7-10H2,1H3,(H2,21,24). The smallest absolute Gasteiger partial charge is 0.423 e. The van der Waals surface area contributed by atoms with Gasteiger partial charge in [0.25, 0.3) is 0 Å². The molecule has 0 spiro atoms. The molecule has 8 heteroatoms. The minimum Gasteiger partial charge on any atom is -0.423 e. The summed E-state index contributed by atoms with van der Waals surface area (Å²) in [6, 6.07) is 10.4. The second kappa shape index (κ2) is 7.67. The maximum Gasteiger partial charge on any atom is 0.489 e. The molecule has 1 aliphatic rings. The van der Waals surface area contributed by atoms with Crippen LogP contribution in [0.2, 0.25) is 5.02 Å². The predicted molar refractivity (Wildman–Crippen MR) is 105 cm³/mol. The van der Waals surface area contributed by atoms with Crippen molar-refractivity contribution in [2.45, 2.75) is 0 Å².